The number of amides is 1. The summed E-state index contributed by atoms with van der Waals surface area (Å²) in [5.74, 6) is 1.75. The van der Waals surface area contributed by atoms with Gasteiger partial charge in [0.2, 0.25) is 0 Å². The molecule has 3 aliphatic heterocycles. The summed E-state index contributed by atoms with van der Waals surface area (Å²) in [7, 11) is 1.60. The summed E-state index contributed by atoms with van der Waals surface area (Å²) in [5, 5.41) is 0.482. The van der Waals surface area contributed by atoms with Crippen LogP contribution in [0.4, 0.5) is 10.6 Å². The lowest BCUT2D eigenvalue weighted by Gasteiger charge is -2.43. The van der Waals surface area contributed by atoms with Crippen molar-refractivity contribution in [1.82, 2.24) is 19.8 Å². The van der Waals surface area contributed by atoms with Crippen LogP contribution in [0.2, 0.25) is 0 Å². The Labute approximate surface area is 248 Å². The zero-order valence-corrected chi connectivity index (χ0v) is 25.7. The molecule has 2 aromatic rings. The SMILES string of the molecule is CC/C=C(Cl)/N=C(\c1ccccc1C)N1CCc2c(nc(OC)nc2N2CC3CCC(C2)N3C(=O)OC(C)(C)C)C1. The van der Waals surface area contributed by atoms with Crippen molar-refractivity contribution in [2.75, 3.05) is 31.6 Å². The average Bonchev–Trinajstić information content (AvgIpc) is 3.20. The number of nitrogens with zero attached hydrogens (tertiary/aromatic N) is 6. The van der Waals surface area contributed by atoms with Gasteiger partial charge < -0.3 is 19.3 Å². The maximum atomic E-state index is 13.0. The number of hydrogen-bond donors (Lipinski definition) is 0. The van der Waals surface area contributed by atoms with Crippen molar-refractivity contribution in [2.45, 2.75) is 84.5 Å². The molecule has 0 spiro atoms. The molecule has 0 aliphatic carbocycles. The highest BCUT2D eigenvalue weighted by atomic mass is 35.5. The van der Waals surface area contributed by atoms with Gasteiger partial charge in [-0.25, -0.2) is 9.79 Å². The molecule has 2 saturated heterocycles. The minimum Gasteiger partial charge on any atom is -0.467 e. The molecule has 5 rings (SSSR count). The van der Waals surface area contributed by atoms with E-state index in [-0.39, 0.29) is 18.2 Å². The van der Waals surface area contributed by atoms with Crippen LogP contribution in [0.25, 0.3) is 0 Å². The van der Waals surface area contributed by atoms with Crippen LogP contribution in [0.15, 0.2) is 40.5 Å². The number of fused-ring (bicyclic) bond motifs is 3. The van der Waals surface area contributed by atoms with E-state index in [1.807, 2.05) is 50.8 Å². The molecule has 41 heavy (non-hydrogen) atoms. The summed E-state index contributed by atoms with van der Waals surface area (Å²) in [6, 6.07) is 8.77. The first kappa shape index (κ1) is 29.2. The Bertz CT molecular complexity index is 1340. The molecule has 2 unspecified atom stereocenters. The van der Waals surface area contributed by atoms with Crippen molar-refractivity contribution >= 4 is 29.3 Å². The topological polar surface area (TPSA) is 83.4 Å². The zero-order chi connectivity index (χ0) is 29.3. The number of aliphatic imine (C=N–C) groups is 1. The number of ether oxygens (including phenoxy) is 2. The Morgan fingerprint density at radius 3 is 2.51 bits per heavy atom. The van der Waals surface area contributed by atoms with Crippen LogP contribution in [0, 0.1) is 6.92 Å². The molecule has 2 atom stereocenters. The van der Waals surface area contributed by atoms with Gasteiger partial charge in [0, 0.05) is 30.8 Å². The van der Waals surface area contributed by atoms with Gasteiger partial charge in [0.25, 0.3) is 0 Å². The minimum absolute atomic E-state index is 0.0904. The number of methoxy groups -OCH3 is 1. The number of amidine groups is 1. The molecule has 2 bridgehead atoms. The maximum Gasteiger partial charge on any atom is 0.410 e. The second-order valence-electron chi connectivity index (χ2n) is 12.0. The highest BCUT2D eigenvalue weighted by molar-refractivity contribution is 6.30. The van der Waals surface area contributed by atoms with E-state index in [4.69, 9.17) is 36.0 Å². The predicted molar refractivity (Wildman–Crippen MR) is 162 cm³/mol. The Morgan fingerprint density at radius 2 is 1.88 bits per heavy atom. The number of allylic oxidation sites excluding steroid dienone is 1. The van der Waals surface area contributed by atoms with E-state index in [0.29, 0.717) is 30.8 Å². The summed E-state index contributed by atoms with van der Waals surface area (Å²) in [4.78, 5) is 34.0. The number of aromatic nitrogens is 2. The Morgan fingerprint density at radius 1 is 1.17 bits per heavy atom. The van der Waals surface area contributed by atoms with Crippen molar-refractivity contribution in [3.8, 4) is 6.01 Å². The number of rotatable bonds is 5. The van der Waals surface area contributed by atoms with E-state index < -0.39 is 5.60 Å². The van der Waals surface area contributed by atoms with E-state index >= 15 is 0 Å². The molecular formula is C31H41ClN6O3. The molecule has 0 radical (unpaired) electrons. The standard InChI is InChI=1S/C31H41ClN6O3/c1-7-10-26(32)34-27(23-12-9-8-11-20(23)2)36-16-15-24-25(19-36)33-29(40-6)35-28(24)37-17-21-13-14-22(18-37)38(21)30(39)41-31(3,4)5/h8-12,21-22H,7,13-19H2,1-6H3/b26-10+,34-27+. The lowest BCUT2D eigenvalue weighted by molar-refractivity contribution is 0.0122. The summed E-state index contributed by atoms with van der Waals surface area (Å²) < 4.78 is 11.3. The molecule has 4 heterocycles. The normalized spacial score (nSPS) is 21.2. The van der Waals surface area contributed by atoms with E-state index in [1.54, 1.807) is 7.11 Å². The molecule has 1 aromatic carbocycles. The van der Waals surface area contributed by atoms with Gasteiger partial charge in [-0.1, -0.05) is 42.8 Å². The van der Waals surface area contributed by atoms with Gasteiger partial charge in [-0.3, -0.25) is 4.90 Å². The molecule has 0 N–H and O–H groups in total. The minimum atomic E-state index is -0.518. The quantitative estimate of drug-likeness (QED) is 0.256. The predicted octanol–water partition coefficient (Wildman–Crippen LogP) is 5.68. The van der Waals surface area contributed by atoms with Gasteiger partial charge in [-0.05, 0) is 65.0 Å². The summed E-state index contributed by atoms with van der Waals surface area (Å²) in [5.41, 5.74) is 3.73. The first-order valence-electron chi connectivity index (χ1n) is 14.5. The number of benzene rings is 1. The summed E-state index contributed by atoms with van der Waals surface area (Å²) in [6.07, 6.45) is 5.19. The monoisotopic (exact) mass is 580 g/mol. The second-order valence-corrected chi connectivity index (χ2v) is 12.4. The van der Waals surface area contributed by atoms with Gasteiger partial charge in [0.05, 0.1) is 31.4 Å². The van der Waals surface area contributed by atoms with Crippen LogP contribution in [0.5, 0.6) is 6.01 Å². The van der Waals surface area contributed by atoms with Crippen LogP contribution < -0.4 is 9.64 Å². The lowest BCUT2D eigenvalue weighted by Crippen LogP contribution is -2.57. The van der Waals surface area contributed by atoms with Gasteiger partial charge in [-0.15, -0.1) is 0 Å². The number of piperazine rings is 1. The molecule has 220 valence electrons. The Balaban J connectivity index is 1.44. The van der Waals surface area contributed by atoms with Gasteiger partial charge in [-0.2, -0.15) is 9.97 Å². The van der Waals surface area contributed by atoms with E-state index in [1.165, 1.54) is 0 Å². The van der Waals surface area contributed by atoms with Gasteiger partial charge in [0.15, 0.2) is 0 Å². The van der Waals surface area contributed by atoms with Crippen LogP contribution in [0.1, 0.15) is 69.3 Å². The zero-order valence-electron chi connectivity index (χ0n) is 25.0. The number of hydrogen-bond acceptors (Lipinski definition) is 7. The molecule has 10 heteroatoms. The molecule has 0 saturated carbocycles. The smallest absolute Gasteiger partial charge is 0.410 e. The number of anilines is 1. The van der Waals surface area contributed by atoms with Crippen LogP contribution in [-0.4, -0.2) is 76.1 Å². The van der Waals surface area contributed by atoms with Crippen molar-refractivity contribution < 1.29 is 14.3 Å². The molecule has 1 amide bonds. The fraction of sp³-hybridized carbons (Fsp3) is 0.548. The van der Waals surface area contributed by atoms with Crippen molar-refractivity contribution in [3.05, 3.63) is 57.9 Å². The third-order valence-corrected chi connectivity index (χ3v) is 8.10. The first-order chi connectivity index (χ1) is 19.6. The maximum absolute atomic E-state index is 13.0. The molecule has 3 aliphatic rings. The highest BCUT2D eigenvalue weighted by Crippen LogP contribution is 2.37. The number of carbonyl (C=O) groups excluding carboxylic acids is 1. The summed E-state index contributed by atoms with van der Waals surface area (Å²) >= 11 is 6.53. The molecule has 9 nitrogen and oxygen atoms in total. The van der Waals surface area contributed by atoms with Crippen molar-refractivity contribution in [2.24, 2.45) is 4.99 Å². The van der Waals surface area contributed by atoms with E-state index in [9.17, 15) is 4.79 Å². The van der Waals surface area contributed by atoms with Crippen LogP contribution in [-0.2, 0) is 17.7 Å². The number of halogens is 1. The van der Waals surface area contributed by atoms with Crippen LogP contribution >= 0.6 is 11.6 Å². The first-order valence-corrected chi connectivity index (χ1v) is 14.9. The van der Waals surface area contributed by atoms with Crippen molar-refractivity contribution in [1.29, 1.82) is 0 Å². The lowest BCUT2D eigenvalue weighted by atomic mass is 10.0. The fourth-order valence-corrected chi connectivity index (χ4v) is 6.29. The van der Waals surface area contributed by atoms with Crippen LogP contribution in [0.3, 0.4) is 0 Å². The van der Waals surface area contributed by atoms with Gasteiger partial charge in [0.1, 0.15) is 22.4 Å². The molecule has 2 fully saturated rings. The Kier molecular flexibility index (Phi) is 8.45. The summed E-state index contributed by atoms with van der Waals surface area (Å²) in [6.45, 7) is 12.6. The Hall–Kier alpha value is -3.33. The third-order valence-electron chi connectivity index (χ3n) is 7.86. The number of carbonyl (C=O) groups is 1. The van der Waals surface area contributed by atoms with E-state index in [2.05, 4.69) is 28.9 Å². The molecule has 1 aromatic heterocycles. The van der Waals surface area contributed by atoms with Gasteiger partial charge >= 0.3 is 12.1 Å². The van der Waals surface area contributed by atoms with Crippen molar-refractivity contribution in [3.63, 3.8) is 0 Å². The fourth-order valence-electron chi connectivity index (χ4n) is 6.05. The largest absolute Gasteiger partial charge is 0.467 e. The number of aryl methyl sites for hydroxylation is 1. The van der Waals surface area contributed by atoms with E-state index in [0.717, 1.165) is 66.3 Å². The molecular weight excluding hydrogens is 540 g/mol. The second kappa shape index (κ2) is 11.9. The highest BCUT2D eigenvalue weighted by Gasteiger charge is 2.45. The third kappa shape index (κ3) is 6.30. The average molecular weight is 581 g/mol.